The first-order valence-electron chi connectivity index (χ1n) is 7.95. The molecule has 0 fully saturated rings. The normalized spacial score (nSPS) is 11.8. The molecule has 0 bridgehead atoms. The molecule has 2 aromatic rings. The lowest BCUT2D eigenvalue weighted by Gasteiger charge is -2.21. The van der Waals surface area contributed by atoms with Crippen molar-refractivity contribution in [3.8, 4) is 0 Å². The number of sulfonamides is 1. The summed E-state index contributed by atoms with van der Waals surface area (Å²) in [5.41, 5.74) is -0.617. The van der Waals surface area contributed by atoms with Crippen LogP contribution in [0.15, 0.2) is 45.1 Å². The summed E-state index contributed by atoms with van der Waals surface area (Å²) in [6.45, 7) is 2.35. The highest BCUT2D eigenvalue weighted by molar-refractivity contribution is 7.89. The van der Waals surface area contributed by atoms with Crippen LogP contribution in [-0.2, 0) is 30.5 Å². The lowest BCUT2D eigenvalue weighted by molar-refractivity contribution is 0.410. The summed E-state index contributed by atoms with van der Waals surface area (Å²) in [5.74, 6) is 0. The predicted molar refractivity (Wildman–Crippen MR) is 93.9 cm³/mol. The lowest BCUT2D eigenvalue weighted by Crippen LogP contribution is -2.43. The van der Waals surface area contributed by atoms with Gasteiger partial charge in [-0.3, -0.25) is 14.3 Å². The third-order valence-electron chi connectivity index (χ3n) is 3.85. The van der Waals surface area contributed by atoms with Crippen molar-refractivity contribution in [2.24, 2.45) is 14.1 Å². The van der Waals surface area contributed by atoms with Gasteiger partial charge < -0.3 is 4.57 Å². The minimum atomic E-state index is -4.01. The van der Waals surface area contributed by atoms with Crippen LogP contribution in [0.5, 0.6) is 0 Å². The Morgan fingerprint density at radius 2 is 1.88 bits per heavy atom. The molecule has 0 aromatic carbocycles. The first kappa shape index (κ1) is 19.1. The first-order valence-corrected chi connectivity index (χ1v) is 9.39. The second-order valence-electron chi connectivity index (χ2n) is 5.73. The molecule has 2 rings (SSSR count). The van der Waals surface area contributed by atoms with Gasteiger partial charge >= 0.3 is 5.69 Å². The Morgan fingerprint density at radius 3 is 2.48 bits per heavy atom. The van der Waals surface area contributed by atoms with Gasteiger partial charge in [0.05, 0.1) is 0 Å². The van der Waals surface area contributed by atoms with Crippen LogP contribution in [0, 0.1) is 0 Å². The number of pyridine rings is 1. The molecule has 2 aromatic heterocycles. The highest BCUT2D eigenvalue weighted by Gasteiger charge is 2.28. The molecule has 0 spiro atoms. The van der Waals surface area contributed by atoms with Crippen LogP contribution in [0.2, 0.25) is 0 Å². The van der Waals surface area contributed by atoms with Crippen molar-refractivity contribution in [2.75, 3.05) is 13.1 Å². The molecule has 0 unspecified atom stereocenters. The molecule has 9 heteroatoms. The molecule has 8 nitrogen and oxygen atoms in total. The average Bonchev–Trinajstić information content (AvgIpc) is 2.60. The van der Waals surface area contributed by atoms with E-state index in [1.165, 1.54) is 18.4 Å². The number of nitrogens with zero attached hydrogens (tertiary/aromatic N) is 4. The fourth-order valence-electron chi connectivity index (χ4n) is 2.48. The van der Waals surface area contributed by atoms with Crippen LogP contribution in [0.3, 0.4) is 0 Å². The second-order valence-corrected chi connectivity index (χ2v) is 7.63. The minimum absolute atomic E-state index is 0.208. The lowest BCUT2D eigenvalue weighted by atomic mass is 10.3. The van der Waals surface area contributed by atoms with E-state index in [0.29, 0.717) is 12.8 Å². The Balaban J connectivity index is 2.40. The third kappa shape index (κ3) is 4.05. The van der Waals surface area contributed by atoms with Crippen molar-refractivity contribution in [1.82, 2.24) is 18.4 Å². The van der Waals surface area contributed by atoms with Crippen LogP contribution in [0.25, 0.3) is 0 Å². The SMILES string of the molecule is CCCN(CCc1ccccn1)S(=O)(=O)c1cn(C)c(=O)n(C)c1=O. The van der Waals surface area contributed by atoms with E-state index in [4.69, 9.17) is 0 Å². The first-order chi connectivity index (χ1) is 11.8. The molecule has 0 aliphatic carbocycles. The zero-order valence-corrected chi connectivity index (χ0v) is 15.4. The average molecular weight is 366 g/mol. The van der Waals surface area contributed by atoms with Gasteiger partial charge in [0, 0.05) is 51.7 Å². The Hall–Kier alpha value is -2.26. The van der Waals surface area contributed by atoms with Crippen LogP contribution < -0.4 is 11.2 Å². The molecule has 0 N–H and O–H groups in total. The van der Waals surface area contributed by atoms with Crippen molar-refractivity contribution < 1.29 is 8.42 Å². The van der Waals surface area contributed by atoms with E-state index in [9.17, 15) is 18.0 Å². The fraction of sp³-hybridized carbons (Fsp3) is 0.438. The van der Waals surface area contributed by atoms with Gasteiger partial charge in [0.25, 0.3) is 5.56 Å². The van der Waals surface area contributed by atoms with Crippen LogP contribution in [0.1, 0.15) is 19.0 Å². The van der Waals surface area contributed by atoms with Crippen molar-refractivity contribution in [2.45, 2.75) is 24.7 Å². The van der Waals surface area contributed by atoms with Gasteiger partial charge in [0.2, 0.25) is 10.0 Å². The molecule has 0 amide bonds. The van der Waals surface area contributed by atoms with Gasteiger partial charge in [0.15, 0.2) is 4.90 Å². The van der Waals surface area contributed by atoms with E-state index < -0.39 is 26.2 Å². The zero-order chi connectivity index (χ0) is 18.6. The van der Waals surface area contributed by atoms with Gasteiger partial charge in [-0.25, -0.2) is 13.2 Å². The third-order valence-corrected chi connectivity index (χ3v) is 5.73. The molecule has 25 heavy (non-hydrogen) atoms. The van der Waals surface area contributed by atoms with Gasteiger partial charge in [0.1, 0.15) is 0 Å². The maximum absolute atomic E-state index is 13.0. The van der Waals surface area contributed by atoms with Gasteiger partial charge in [-0.05, 0) is 18.6 Å². The smallest absolute Gasteiger partial charge is 0.302 e. The molecule has 0 atom stereocenters. The number of hydrogen-bond acceptors (Lipinski definition) is 5. The van der Waals surface area contributed by atoms with Gasteiger partial charge in [-0.1, -0.05) is 13.0 Å². The number of aryl methyl sites for hydroxylation is 1. The Labute approximate surface area is 146 Å². The standard InChI is InChI=1S/C16H22N4O4S/c1-4-10-20(11-8-13-7-5-6-9-17-13)25(23,24)14-12-18(2)16(22)19(3)15(14)21/h5-7,9,12H,4,8,10-11H2,1-3H3. The Kier molecular flexibility index (Phi) is 5.91. The van der Waals surface area contributed by atoms with Crippen LogP contribution in [0.4, 0.5) is 0 Å². The highest BCUT2D eigenvalue weighted by atomic mass is 32.2. The van der Waals surface area contributed by atoms with Crippen LogP contribution in [-0.4, -0.2) is 39.9 Å². The number of hydrogen-bond donors (Lipinski definition) is 0. The largest absolute Gasteiger partial charge is 0.330 e. The summed E-state index contributed by atoms with van der Waals surface area (Å²) >= 11 is 0. The predicted octanol–water partition coefficient (Wildman–Crippen LogP) is 0.122. The minimum Gasteiger partial charge on any atom is -0.302 e. The van der Waals surface area contributed by atoms with Gasteiger partial charge in [-0.2, -0.15) is 4.31 Å². The molecule has 0 radical (unpaired) electrons. The summed E-state index contributed by atoms with van der Waals surface area (Å²) in [7, 11) is -1.33. The van der Waals surface area contributed by atoms with Crippen molar-refractivity contribution in [3.63, 3.8) is 0 Å². The van der Waals surface area contributed by atoms with E-state index in [1.807, 2.05) is 19.1 Å². The van der Waals surface area contributed by atoms with Crippen molar-refractivity contribution in [1.29, 1.82) is 0 Å². The molecule has 2 heterocycles. The highest BCUT2D eigenvalue weighted by Crippen LogP contribution is 2.12. The number of aromatic nitrogens is 3. The molecule has 0 saturated carbocycles. The monoisotopic (exact) mass is 366 g/mol. The molecular formula is C16H22N4O4S. The summed E-state index contributed by atoms with van der Waals surface area (Å²) in [6, 6.07) is 5.45. The maximum Gasteiger partial charge on any atom is 0.330 e. The molecule has 0 aliphatic rings. The Morgan fingerprint density at radius 1 is 1.16 bits per heavy atom. The topological polar surface area (TPSA) is 94.3 Å². The zero-order valence-electron chi connectivity index (χ0n) is 14.5. The quantitative estimate of drug-likeness (QED) is 0.694. The summed E-state index contributed by atoms with van der Waals surface area (Å²) in [6.07, 6.45) is 3.78. The van der Waals surface area contributed by atoms with E-state index in [2.05, 4.69) is 4.98 Å². The second kappa shape index (κ2) is 7.75. The van der Waals surface area contributed by atoms with E-state index >= 15 is 0 Å². The van der Waals surface area contributed by atoms with Gasteiger partial charge in [-0.15, -0.1) is 0 Å². The van der Waals surface area contributed by atoms with E-state index in [0.717, 1.165) is 21.0 Å². The van der Waals surface area contributed by atoms with Crippen LogP contribution >= 0.6 is 0 Å². The Bertz CT molecular complexity index is 948. The summed E-state index contributed by atoms with van der Waals surface area (Å²) < 4.78 is 29.1. The summed E-state index contributed by atoms with van der Waals surface area (Å²) in [5, 5.41) is 0. The number of rotatable bonds is 7. The molecule has 0 saturated heterocycles. The van der Waals surface area contributed by atoms with Crippen molar-refractivity contribution >= 4 is 10.0 Å². The molecular weight excluding hydrogens is 344 g/mol. The van der Waals surface area contributed by atoms with E-state index in [1.54, 1.807) is 12.3 Å². The summed E-state index contributed by atoms with van der Waals surface area (Å²) in [4.78, 5) is 27.9. The molecule has 0 aliphatic heterocycles. The molecule has 136 valence electrons. The fourth-order valence-corrected chi connectivity index (χ4v) is 4.16. The maximum atomic E-state index is 13.0. The van der Waals surface area contributed by atoms with E-state index in [-0.39, 0.29) is 13.1 Å². The van der Waals surface area contributed by atoms with Crippen molar-refractivity contribution in [3.05, 3.63) is 57.1 Å².